The van der Waals surface area contributed by atoms with Crippen LogP contribution in [0, 0.1) is 11.8 Å². The van der Waals surface area contributed by atoms with E-state index in [4.69, 9.17) is 18.9 Å². The number of nitrogens with one attached hydrogen (secondary N) is 2. The van der Waals surface area contributed by atoms with E-state index in [1.165, 1.54) is 0 Å². The maximum Gasteiger partial charge on any atom is 0.319 e. The predicted molar refractivity (Wildman–Crippen MR) is 95.9 cm³/mol. The highest BCUT2D eigenvalue weighted by atomic mass is 16.7. The van der Waals surface area contributed by atoms with Crippen molar-refractivity contribution >= 4 is 11.7 Å². The zero-order valence-electron chi connectivity index (χ0n) is 14.2. The topological polar surface area (TPSA) is 78.1 Å². The molecule has 1 aliphatic heterocycles. The molecule has 0 saturated heterocycles. The third-order valence-electron chi connectivity index (χ3n) is 3.47. The number of anilines is 1. The minimum absolute atomic E-state index is 0.210. The predicted octanol–water partition coefficient (Wildman–Crippen LogP) is 2.63. The van der Waals surface area contributed by atoms with Crippen molar-refractivity contribution in [2.45, 2.75) is 0 Å². The van der Waals surface area contributed by atoms with Crippen molar-refractivity contribution in [2.75, 3.05) is 32.4 Å². The van der Waals surface area contributed by atoms with Crippen molar-refractivity contribution in [3.8, 4) is 34.8 Å². The van der Waals surface area contributed by atoms with Gasteiger partial charge in [-0.1, -0.05) is 11.8 Å². The summed E-state index contributed by atoms with van der Waals surface area (Å²) in [7, 11) is 1.59. The molecule has 2 amide bonds. The van der Waals surface area contributed by atoms with E-state index in [1.807, 2.05) is 0 Å². The van der Waals surface area contributed by atoms with Gasteiger partial charge in [-0.05, 0) is 36.4 Å². The van der Waals surface area contributed by atoms with Gasteiger partial charge in [0.05, 0.1) is 13.7 Å². The number of carbonyl (C=O) groups is 1. The van der Waals surface area contributed by atoms with Crippen LogP contribution < -0.4 is 29.6 Å². The summed E-state index contributed by atoms with van der Waals surface area (Å²) < 4.78 is 21.1. The van der Waals surface area contributed by atoms with Gasteiger partial charge in [0.15, 0.2) is 11.5 Å². The number of methoxy groups -OCH3 is 1. The first-order valence-electron chi connectivity index (χ1n) is 7.91. The normalized spacial score (nSPS) is 11.1. The third kappa shape index (κ3) is 4.74. The molecule has 0 atom stereocenters. The average Bonchev–Trinajstić information content (AvgIpc) is 3.13. The van der Waals surface area contributed by atoms with Gasteiger partial charge < -0.3 is 29.6 Å². The molecule has 3 rings (SSSR count). The molecule has 0 saturated carbocycles. The van der Waals surface area contributed by atoms with Crippen LogP contribution in [0.25, 0.3) is 0 Å². The van der Waals surface area contributed by atoms with Crippen LogP contribution >= 0.6 is 0 Å². The molecule has 0 aromatic heterocycles. The molecule has 0 aliphatic carbocycles. The van der Waals surface area contributed by atoms with Gasteiger partial charge in [0, 0.05) is 11.8 Å². The molecular weight excluding hydrogens is 336 g/mol. The fraction of sp³-hybridized carbons (Fsp3) is 0.211. The number of benzene rings is 2. The highest BCUT2D eigenvalue weighted by molar-refractivity contribution is 5.89. The quantitative estimate of drug-likeness (QED) is 0.807. The van der Waals surface area contributed by atoms with Crippen molar-refractivity contribution in [1.29, 1.82) is 0 Å². The maximum absolute atomic E-state index is 11.8. The second-order valence-electron chi connectivity index (χ2n) is 5.19. The Morgan fingerprint density at radius 1 is 1.08 bits per heavy atom. The molecule has 1 heterocycles. The van der Waals surface area contributed by atoms with Crippen LogP contribution in [0.1, 0.15) is 0 Å². The molecule has 2 N–H and O–H groups in total. The van der Waals surface area contributed by atoms with Gasteiger partial charge in [-0.15, -0.1) is 0 Å². The fourth-order valence-corrected chi connectivity index (χ4v) is 2.17. The molecular formula is C19H18N2O5. The van der Waals surface area contributed by atoms with E-state index in [0.717, 1.165) is 5.75 Å². The summed E-state index contributed by atoms with van der Waals surface area (Å²) >= 11 is 0. The summed E-state index contributed by atoms with van der Waals surface area (Å²) in [6, 6.07) is 12.0. The standard InChI is InChI=1S/C19H18N2O5/c1-23-15-6-4-14(5-7-15)21-19(22)20-10-2-3-11-24-16-8-9-17-18(12-16)26-13-25-17/h4-9,12H,10-11,13H2,1H3,(H2,20,21,22). The third-order valence-corrected chi connectivity index (χ3v) is 3.47. The lowest BCUT2D eigenvalue weighted by molar-refractivity contribution is 0.174. The van der Waals surface area contributed by atoms with Crippen LogP contribution in [0.3, 0.4) is 0 Å². The summed E-state index contributed by atoms with van der Waals surface area (Å²) in [5, 5.41) is 5.35. The zero-order valence-corrected chi connectivity index (χ0v) is 14.2. The number of ether oxygens (including phenoxy) is 4. The number of hydrogen-bond donors (Lipinski definition) is 2. The smallest absolute Gasteiger partial charge is 0.319 e. The number of hydrogen-bond acceptors (Lipinski definition) is 5. The van der Waals surface area contributed by atoms with Crippen LogP contribution in [-0.4, -0.2) is 33.1 Å². The highest BCUT2D eigenvalue weighted by Gasteiger charge is 2.13. The number of rotatable bonds is 5. The number of amides is 2. The number of fused-ring (bicyclic) bond motifs is 1. The van der Waals surface area contributed by atoms with E-state index >= 15 is 0 Å². The monoisotopic (exact) mass is 354 g/mol. The van der Waals surface area contributed by atoms with Crippen molar-refractivity contribution in [2.24, 2.45) is 0 Å². The van der Waals surface area contributed by atoms with E-state index in [1.54, 1.807) is 49.6 Å². The first-order valence-corrected chi connectivity index (χ1v) is 7.91. The van der Waals surface area contributed by atoms with Gasteiger partial charge in [-0.25, -0.2) is 4.79 Å². The average molecular weight is 354 g/mol. The summed E-state index contributed by atoms with van der Waals surface area (Å²) in [4.78, 5) is 11.8. The number of urea groups is 1. The first-order chi connectivity index (χ1) is 12.7. The largest absolute Gasteiger partial charge is 0.497 e. The number of carbonyl (C=O) groups excluding carboxylic acids is 1. The van der Waals surface area contributed by atoms with Crippen LogP contribution in [0.4, 0.5) is 10.5 Å². The van der Waals surface area contributed by atoms with Crippen molar-refractivity contribution < 1.29 is 23.7 Å². The van der Waals surface area contributed by atoms with Gasteiger partial charge in [-0.2, -0.15) is 0 Å². The Kier molecular flexibility index (Phi) is 5.68. The van der Waals surface area contributed by atoms with Crippen LogP contribution in [0.15, 0.2) is 42.5 Å². The Labute approximate surface area is 151 Å². The van der Waals surface area contributed by atoms with Gasteiger partial charge in [-0.3, -0.25) is 0 Å². The van der Waals surface area contributed by atoms with Crippen molar-refractivity contribution in [3.05, 3.63) is 42.5 Å². The Bertz CT molecular complexity index is 824. The molecule has 2 aromatic carbocycles. The minimum atomic E-state index is -0.332. The van der Waals surface area contributed by atoms with E-state index in [0.29, 0.717) is 22.9 Å². The lowest BCUT2D eigenvalue weighted by atomic mass is 10.3. The Morgan fingerprint density at radius 3 is 2.65 bits per heavy atom. The van der Waals surface area contributed by atoms with E-state index in [-0.39, 0.29) is 26.0 Å². The van der Waals surface area contributed by atoms with Gasteiger partial charge in [0.1, 0.15) is 18.1 Å². The summed E-state index contributed by atoms with van der Waals surface area (Å²) in [5.41, 5.74) is 0.669. The van der Waals surface area contributed by atoms with Crippen LogP contribution in [0.5, 0.6) is 23.0 Å². The summed E-state index contributed by atoms with van der Waals surface area (Å²) in [6.45, 7) is 0.650. The maximum atomic E-state index is 11.8. The lowest BCUT2D eigenvalue weighted by Crippen LogP contribution is -2.28. The molecule has 0 radical (unpaired) electrons. The molecule has 7 nitrogen and oxygen atoms in total. The summed E-state index contributed by atoms with van der Waals surface area (Å²) in [5.74, 6) is 8.39. The Balaban J connectivity index is 1.36. The van der Waals surface area contributed by atoms with E-state index < -0.39 is 0 Å². The zero-order chi connectivity index (χ0) is 18.2. The minimum Gasteiger partial charge on any atom is -0.497 e. The second kappa shape index (κ2) is 8.53. The molecule has 26 heavy (non-hydrogen) atoms. The second-order valence-corrected chi connectivity index (χ2v) is 5.19. The summed E-state index contributed by atoms with van der Waals surface area (Å²) in [6.07, 6.45) is 0. The molecule has 134 valence electrons. The van der Waals surface area contributed by atoms with Gasteiger partial charge >= 0.3 is 6.03 Å². The van der Waals surface area contributed by atoms with Crippen molar-refractivity contribution in [3.63, 3.8) is 0 Å². The lowest BCUT2D eigenvalue weighted by Gasteiger charge is -2.06. The molecule has 7 heteroatoms. The van der Waals surface area contributed by atoms with Crippen molar-refractivity contribution in [1.82, 2.24) is 5.32 Å². The van der Waals surface area contributed by atoms with Crippen LogP contribution in [-0.2, 0) is 0 Å². The van der Waals surface area contributed by atoms with Crippen LogP contribution in [0.2, 0.25) is 0 Å². The van der Waals surface area contributed by atoms with Gasteiger partial charge in [0.25, 0.3) is 0 Å². The van der Waals surface area contributed by atoms with E-state index in [2.05, 4.69) is 22.5 Å². The fourth-order valence-electron chi connectivity index (χ4n) is 2.17. The molecule has 1 aliphatic rings. The SMILES string of the molecule is COc1ccc(NC(=O)NCC#CCOc2ccc3c(c2)OCO3)cc1. The van der Waals surface area contributed by atoms with Gasteiger partial charge in [0.2, 0.25) is 6.79 Å². The van der Waals surface area contributed by atoms with E-state index in [9.17, 15) is 4.79 Å². The Hall–Kier alpha value is -3.53. The molecule has 0 spiro atoms. The Morgan fingerprint density at radius 2 is 1.85 bits per heavy atom. The first kappa shape index (κ1) is 17.3. The molecule has 0 unspecified atom stereocenters. The molecule has 2 aromatic rings. The highest BCUT2D eigenvalue weighted by Crippen LogP contribution is 2.34. The molecule has 0 bridgehead atoms. The molecule has 0 fully saturated rings.